The molecule has 0 fully saturated rings. The Kier molecular flexibility index (Phi) is 5.21. The number of thiocarbonyl (C=S) groups is 1. The minimum Gasteiger partial charge on any atom is -0.331 e. The number of hydrogen-bond donors (Lipinski definition) is 3. The van der Waals surface area contributed by atoms with E-state index in [0.717, 1.165) is 17.8 Å². The number of halogens is 1. The van der Waals surface area contributed by atoms with E-state index in [2.05, 4.69) is 35.2 Å². The molecule has 0 aromatic heterocycles. The van der Waals surface area contributed by atoms with Crippen LogP contribution in [0.4, 0.5) is 11.4 Å². The zero-order valence-electron chi connectivity index (χ0n) is 11.1. The summed E-state index contributed by atoms with van der Waals surface area (Å²) in [5.41, 5.74) is 8.89. The Morgan fingerprint density at radius 1 is 1.15 bits per heavy atom. The average molecular weight is 306 g/mol. The Hall–Kier alpha value is -1.78. The van der Waals surface area contributed by atoms with Gasteiger partial charge in [0.05, 0.1) is 10.7 Å². The predicted molar refractivity (Wildman–Crippen MR) is 90.3 cm³/mol. The molecule has 0 spiro atoms. The van der Waals surface area contributed by atoms with Crippen molar-refractivity contribution < 1.29 is 0 Å². The van der Waals surface area contributed by atoms with Gasteiger partial charge in [-0.25, -0.2) is 0 Å². The molecule has 0 radical (unpaired) electrons. The van der Waals surface area contributed by atoms with Crippen molar-refractivity contribution in [2.75, 3.05) is 10.7 Å². The summed E-state index contributed by atoms with van der Waals surface area (Å²) in [6.45, 7) is 2.12. The molecule has 104 valence electrons. The second-order valence-corrected chi connectivity index (χ2v) is 5.05. The van der Waals surface area contributed by atoms with Gasteiger partial charge in [0.2, 0.25) is 0 Å². The molecule has 0 heterocycles. The van der Waals surface area contributed by atoms with E-state index in [1.807, 2.05) is 36.4 Å². The van der Waals surface area contributed by atoms with Crippen LogP contribution in [0.25, 0.3) is 0 Å². The van der Waals surface area contributed by atoms with Crippen LogP contribution in [0.2, 0.25) is 5.02 Å². The summed E-state index contributed by atoms with van der Waals surface area (Å²) >= 11 is 11.3. The molecule has 2 aromatic rings. The van der Waals surface area contributed by atoms with Gasteiger partial charge in [-0.1, -0.05) is 42.8 Å². The number of hydrogen-bond acceptors (Lipinski definition) is 2. The molecule has 5 heteroatoms. The summed E-state index contributed by atoms with van der Waals surface area (Å²) in [7, 11) is 0. The van der Waals surface area contributed by atoms with E-state index < -0.39 is 0 Å². The number of rotatable bonds is 4. The molecule has 2 rings (SSSR count). The van der Waals surface area contributed by atoms with Gasteiger partial charge in [0.25, 0.3) is 0 Å². The Labute approximate surface area is 129 Å². The molecular weight excluding hydrogens is 290 g/mol. The maximum atomic E-state index is 6.04. The molecule has 0 saturated carbocycles. The highest BCUT2D eigenvalue weighted by molar-refractivity contribution is 7.80. The predicted octanol–water partition coefficient (Wildman–Crippen LogP) is 4.22. The van der Waals surface area contributed by atoms with Gasteiger partial charge in [-0.05, 0) is 48.5 Å². The summed E-state index contributed by atoms with van der Waals surface area (Å²) in [6.07, 6.45) is 0.994. The lowest BCUT2D eigenvalue weighted by Crippen LogP contribution is -2.33. The van der Waals surface area contributed by atoms with Gasteiger partial charge in [-0.15, -0.1) is 0 Å². The third kappa shape index (κ3) is 4.11. The minimum atomic E-state index is 0.484. The molecule has 2 aromatic carbocycles. The third-order valence-corrected chi connectivity index (χ3v) is 3.31. The van der Waals surface area contributed by atoms with Crippen molar-refractivity contribution >= 4 is 40.3 Å². The first kappa shape index (κ1) is 14.6. The second-order valence-electron chi connectivity index (χ2n) is 4.24. The first-order valence-corrected chi connectivity index (χ1v) is 7.14. The number of benzene rings is 2. The van der Waals surface area contributed by atoms with E-state index in [9.17, 15) is 0 Å². The van der Waals surface area contributed by atoms with E-state index in [1.54, 1.807) is 0 Å². The first-order valence-electron chi connectivity index (χ1n) is 6.35. The van der Waals surface area contributed by atoms with Crippen molar-refractivity contribution in [3.63, 3.8) is 0 Å². The van der Waals surface area contributed by atoms with Gasteiger partial charge < -0.3 is 5.32 Å². The molecule has 3 N–H and O–H groups in total. The summed E-state index contributed by atoms with van der Waals surface area (Å²) in [6, 6.07) is 15.6. The van der Waals surface area contributed by atoms with Gasteiger partial charge in [0.1, 0.15) is 0 Å². The van der Waals surface area contributed by atoms with E-state index in [1.165, 1.54) is 5.56 Å². The molecular formula is C15H16ClN3S. The third-order valence-electron chi connectivity index (χ3n) is 2.78. The highest BCUT2D eigenvalue weighted by atomic mass is 35.5. The van der Waals surface area contributed by atoms with Crippen molar-refractivity contribution in [1.29, 1.82) is 0 Å². The topological polar surface area (TPSA) is 36.1 Å². The van der Waals surface area contributed by atoms with Crippen molar-refractivity contribution in [2.45, 2.75) is 13.3 Å². The number of anilines is 2. The maximum absolute atomic E-state index is 6.04. The zero-order valence-corrected chi connectivity index (χ0v) is 12.7. The Balaban J connectivity index is 1.91. The number of hydrazine groups is 1. The van der Waals surface area contributed by atoms with Crippen molar-refractivity contribution in [3.8, 4) is 0 Å². The van der Waals surface area contributed by atoms with Crippen LogP contribution in [0.3, 0.4) is 0 Å². The van der Waals surface area contributed by atoms with Crippen molar-refractivity contribution in [3.05, 3.63) is 59.1 Å². The normalized spacial score (nSPS) is 9.90. The smallest absolute Gasteiger partial charge is 0.189 e. The molecule has 3 nitrogen and oxygen atoms in total. The lowest BCUT2D eigenvalue weighted by molar-refractivity contribution is 1.13. The molecule has 0 aliphatic heterocycles. The van der Waals surface area contributed by atoms with Crippen LogP contribution in [0, 0.1) is 0 Å². The van der Waals surface area contributed by atoms with E-state index in [4.69, 9.17) is 23.8 Å². The lowest BCUT2D eigenvalue weighted by atomic mass is 10.1. The summed E-state index contributed by atoms with van der Waals surface area (Å²) in [5, 5.41) is 4.24. The molecule has 0 bridgehead atoms. The van der Waals surface area contributed by atoms with Crippen LogP contribution in [0.15, 0.2) is 48.5 Å². The van der Waals surface area contributed by atoms with Gasteiger partial charge >= 0.3 is 0 Å². The second kappa shape index (κ2) is 7.12. The number of aryl methyl sites for hydroxylation is 1. The van der Waals surface area contributed by atoms with Gasteiger partial charge in [-0.3, -0.25) is 10.9 Å². The van der Waals surface area contributed by atoms with Crippen LogP contribution in [-0.2, 0) is 6.42 Å². The zero-order chi connectivity index (χ0) is 14.4. The largest absolute Gasteiger partial charge is 0.331 e. The quantitative estimate of drug-likeness (QED) is 0.584. The molecule has 0 amide bonds. The fourth-order valence-electron chi connectivity index (χ4n) is 1.72. The van der Waals surface area contributed by atoms with Crippen LogP contribution >= 0.6 is 23.8 Å². The molecule has 0 saturated heterocycles. The van der Waals surface area contributed by atoms with E-state index >= 15 is 0 Å². The lowest BCUT2D eigenvalue weighted by Gasteiger charge is -2.13. The van der Waals surface area contributed by atoms with Crippen LogP contribution in [-0.4, -0.2) is 5.11 Å². The standard InChI is InChI=1S/C15H16ClN3S/c1-2-11-6-5-7-12(10-11)17-15(20)19-18-14-9-4-3-8-13(14)16/h3-10,18H,2H2,1H3,(H2,17,19,20). The van der Waals surface area contributed by atoms with Gasteiger partial charge in [0.15, 0.2) is 5.11 Å². The fraction of sp³-hybridized carbons (Fsp3) is 0.133. The number of para-hydroxylation sites is 1. The number of nitrogens with one attached hydrogen (secondary N) is 3. The minimum absolute atomic E-state index is 0.484. The highest BCUT2D eigenvalue weighted by Crippen LogP contribution is 2.19. The molecule has 0 atom stereocenters. The van der Waals surface area contributed by atoms with Gasteiger partial charge in [-0.2, -0.15) is 0 Å². The van der Waals surface area contributed by atoms with Crippen LogP contribution < -0.4 is 16.2 Å². The highest BCUT2D eigenvalue weighted by Gasteiger charge is 2.00. The van der Waals surface area contributed by atoms with Crippen molar-refractivity contribution in [2.24, 2.45) is 0 Å². The van der Waals surface area contributed by atoms with Crippen LogP contribution in [0.1, 0.15) is 12.5 Å². The molecule has 0 aliphatic carbocycles. The van der Waals surface area contributed by atoms with E-state index in [0.29, 0.717) is 10.1 Å². The van der Waals surface area contributed by atoms with Crippen LogP contribution in [0.5, 0.6) is 0 Å². The summed E-state index contributed by atoms with van der Waals surface area (Å²) in [4.78, 5) is 0. The fourth-order valence-corrected chi connectivity index (χ4v) is 2.07. The average Bonchev–Trinajstić information content (AvgIpc) is 2.46. The molecule has 20 heavy (non-hydrogen) atoms. The van der Waals surface area contributed by atoms with Crippen molar-refractivity contribution in [1.82, 2.24) is 5.43 Å². The van der Waals surface area contributed by atoms with E-state index in [-0.39, 0.29) is 0 Å². The molecule has 0 aliphatic rings. The van der Waals surface area contributed by atoms with Gasteiger partial charge in [0, 0.05) is 5.69 Å². The first-order chi connectivity index (χ1) is 9.69. The maximum Gasteiger partial charge on any atom is 0.189 e. The Morgan fingerprint density at radius 3 is 2.70 bits per heavy atom. The Bertz CT molecular complexity index is 601. The Morgan fingerprint density at radius 2 is 1.95 bits per heavy atom. The monoisotopic (exact) mass is 305 g/mol. The summed E-state index contributed by atoms with van der Waals surface area (Å²) < 4.78 is 0. The SMILES string of the molecule is CCc1cccc(NC(=S)NNc2ccccc2Cl)c1. The molecule has 0 unspecified atom stereocenters. The summed E-state index contributed by atoms with van der Waals surface area (Å²) in [5.74, 6) is 0.